The van der Waals surface area contributed by atoms with Crippen LogP contribution in [0.3, 0.4) is 0 Å². The molecule has 3 nitrogen and oxygen atoms in total. The number of hydrogen-bond donors (Lipinski definition) is 0. The van der Waals surface area contributed by atoms with Crippen LogP contribution in [0, 0.1) is 0 Å². The van der Waals surface area contributed by atoms with E-state index in [1.165, 1.54) is 52.8 Å². The molecule has 2 heterocycles. The van der Waals surface area contributed by atoms with E-state index in [2.05, 4.69) is 264 Å². The van der Waals surface area contributed by atoms with E-state index in [4.69, 9.17) is 0 Å². The molecule has 0 aliphatic rings. The summed E-state index contributed by atoms with van der Waals surface area (Å²) in [4.78, 5) is 7.20. The minimum absolute atomic E-state index is 1.08. The second-order valence-electron chi connectivity index (χ2n) is 17.1. The van der Waals surface area contributed by atoms with Crippen LogP contribution in [0.15, 0.2) is 250 Å². The van der Waals surface area contributed by atoms with Gasteiger partial charge >= 0.3 is 0 Å². The second kappa shape index (κ2) is 18.0. The highest BCUT2D eigenvalue weighted by Gasteiger charge is 2.22. The summed E-state index contributed by atoms with van der Waals surface area (Å²) in [5.41, 5.74) is 12.3. The number of rotatable bonds is 12. The number of anilines is 9. The summed E-state index contributed by atoms with van der Waals surface area (Å²) in [6.45, 7) is 8.03. The van der Waals surface area contributed by atoms with Crippen LogP contribution in [-0.4, -0.2) is 0 Å². The topological polar surface area (TPSA) is 9.72 Å². The standard InChI is InChI=1S/C64H45N3S2/c1-3-44-24-32-53(33-25-44)66(59-22-12-18-48-16-8-10-20-57(48)59)63-40-50-30-38-55(42-61(50)68-63)65(52-36-28-47(29-37-52)46-14-6-5-7-15-46)56-39-31-51-41-64(69-62(51)43-56)67(54-34-26-45(4-2)27-35-54)60-23-13-19-49-17-9-11-21-58(49)60/h3-43H,1-2H2. The second-order valence-corrected chi connectivity index (χ2v) is 19.2. The average Bonchev–Trinajstić information content (AvgIpc) is 4.04. The molecule has 0 amide bonds. The van der Waals surface area contributed by atoms with E-state index < -0.39 is 0 Å². The Hall–Kier alpha value is -8.48. The van der Waals surface area contributed by atoms with Crippen molar-refractivity contribution in [1.29, 1.82) is 0 Å². The summed E-state index contributed by atoms with van der Waals surface area (Å²) in [5.74, 6) is 0. The molecule has 0 fully saturated rings. The molecule has 5 heteroatoms. The van der Waals surface area contributed by atoms with Gasteiger partial charge in [0.15, 0.2) is 0 Å². The molecule has 0 radical (unpaired) electrons. The molecule has 328 valence electrons. The fourth-order valence-electron chi connectivity index (χ4n) is 9.49. The van der Waals surface area contributed by atoms with Crippen LogP contribution in [0.2, 0.25) is 0 Å². The molecule has 0 spiro atoms. The summed E-state index contributed by atoms with van der Waals surface area (Å²) < 4.78 is 2.41. The Morgan fingerprint density at radius 1 is 0.304 bits per heavy atom. The third-order valence-corrected chi connectivity index (χ3v) is 15.1. The van der Waals surface area contributed by atoms with Crippen molar-refractivity contribution in [3.05, 3.63) is 261 Å². The van der Waals surface area contributed by atoms with Gasteiger partial charge in [0.25, 0.3) is 0 Å². The summed E-state index contributed by atoms with van der Waals surface area (Å²) >= 11 is 3.63. The number of fused-ring (bicyclic) bond motifs is 4. The zero-order valence-corrected chi connectivity index (χ0v) is 39.4. The molecular formula is C64H45N3S2. The predicted octanol–water partition coefficient (Wildman–Crippen LogP) is 19.8. The summed E-state index contributed by atoms with van der Waals surface area (Å²) in [6.07, 6.45) is 3.79. The van der Waals surface area contributed by atoms with Crippen LogP contribution < -0.4 is 14.7 Å². The molecule has 12 aromatic rings. The van der Waals surface area contributed by atoms with E-state index in [-0.39, 0.29) is 0 Å². The van der Waals surface area contributed by atoms with Crippen molar-refractivity contribution < 1.29 is 0 Å². The van der Waals surface area contributed by atoms with E-state index in [1.807, 2.05) is 34.8 Å². The molecule has 0 bridgehead atoms. The van der Waals surface area contributed by atoms with Gasteiger partial charge in [-0.2, -0.15) is 0 Å². The quantitative estimate of drug-likeness (QED) is 0.121. The molecule has 2 aromatic heterocycles. The van der Waals surface area contributed by atoms with Crippen molar-refractivity contribution in [3.8, 4) is 11.1 Å². The average molecular weight is 920 g/mol. The molecule has 12 rings (SSSR count). The van der Waals surface area contributed by atoms with Crippen LogP contribution >= 0.6 is 22.7 Å². The van der Waals surface area contributed by atoms with Gasteiger partial charge in [-0.15, -0.1) is 22.7 Å². The fraction of sp³-hybridized carbons (Fsp3) is 0. The first-order valence-electron chi connectivity index (χ1n) is 23.1. The predicted molar refractivity (Wildman–Crippen MR) is 302 cm³/mol. The summed E-state index contributed by atoms with van der Waals surface area (Å²) in [7, 11) is 0. The largest absolute Gasteiger partial charge is 0.310 e. The Balaban J connectivity index is 0.989. The van der Waals surface area contributed by atoms with Crippen molar-refractivity contribution >= 4 is 126 Å². The smallest absolute Gasteiger partial charge is 0.101 e. The first kappa shape index (κ1) is 41.9. The van der Waals surface area contributed by atoms with Crippen molar-refractivity contribution in [3.63, 3.8) is 0 Å². The first-order chi connectivity index (χ1) is 34.1. The van der Waals surface area contributed by atoms with Crippen LogP contribution in [0.1, 0.15) is 11.1 Å². The Labute approximate surface area is 410 Å². The molecular weight excluding hydrogens is 875 g/mol. The van der Waals surface area contributed by atoms with Gasteiger partial charge < -0.3 is 14.7 Å². The Morgan fingerprint density at radius 3 is 1.17 bits per heavy atom. The first-order valence-corrected chi connectivity index (χ1v) is 24.8. The molecule has 0 saturated heterocycles. The van der Waals surface area contributed by atoms with Gasteiger partial charge in [-0.3, -0.25) is 0 Å². The Bertz CT molecular complexity index is 3610. The van der Waals surface area contributed by atoms with E-state index in [9.17, 15) is 0 Å². The van der Waals surface area contributed by atoms with Crippen LogP contribution in [0.4, 0.5) is 49.8 Å². The minimum Gasteiger partial charge on any atom is -0.310 e. The molecule has 10 aromatic carbocycles. The molecule has 69 heavy (non-hydrogen) atoms. The highest BCUT2D eigenvalue weighted by Crippen LogP contribution is 2.48. The van der Waals surface area contributed by atoms with Gasteiger partial charge in [0, 0.05) is 48.6 Å². The lowest BCUT2D eigenvalue weighted by molar-refractivity contribution is 1.30. The molecule has 0 unspecified atom stereocenters. The Morgan fingerprint density at radius 2 is 0.696 bits per heavy atom. The van der Waals surface area contributed by atoms with Crippen LogP contribution in [0.5, 0.6) is 0 Å². The maximum Gasteiger partial charge on any atom is 0.101 e. The van der Waals surface area contributed by atoms with Crippen LogP contribution in [0.25, 0.3) is 65.0 Å². The lowest BCUT2D eigenvalue weighted by Crippen LogP contribution is -2.09. The molecule has 0 aliphatic heterocycles. The normalized spacial score (nSPS) is 11.3. The summed E-state index contributed by atoms with van der Waals surface area (Å²) in [5, 5.41) is 9.50. The number of nitrogens with zero attached hydrogens (tertiary/aromatic N) is 3. The number of hydrogen-bond acceptors (Lipinski definition) is 5. The van der Waals surface area contributed by atoms with Gasteiger partial charge in [0.05, 0.1) is 11.4 Å². The number of benzene rings is 10. The maximum atomic E-state index is 4.02. The van der Waals surface area contributed by atoms with E-state index in [0.29, 0.717) is 0 Å². The Kier molecular flexibility index (Phi) is 10.9. The van der Waals surface area contributed by atoms with E-state index >= 15 is 0 Å². The maximum absolute atomic E-state index is 4.02. The number of thiophene rings is 2. The summed E-state index contributed by atoms with van der Waals surface area (Å²) in [6, 6.07) is 85.8. The highest BCUT2D eigenvalue weighted by atomic mass is 32.1. The van der Waals surface area contributed by atoms with Crippen LogP contribution in [-0.2, 0) is 0 Å². The third kappa shape index (κ3) is 7.94. The highest BCUT2D eigenvalue weighted by molar-refractivity contribution is 7.23. The van der Waals surface area contributed by atoms with Gasteiger partial charge in [-0.25, -0.2) is 0 Å². The van der Waals surface area contributed by atoms with Gasteiger partial charge in [-0.1, -0.05) is 177 Å². The van der Waals surface area contributed by atoms with E-state index in [0.717, 1.165) is 60.9 Å². The van der Waals surface area contributed by atoms with E-state index in [1.54, 1.807) is 0 Å². The third-order valence-electron chi connectivity index (χ3n) is 13.0. The lowest BCUT2D eigenvalue weighted by Gasteiger charge is -2.26. The molecule has 0 saturated carbocycles. The van der Waals surface area contributed by atoms with Crippen molar-refractivity contribution in [1.82, 2.24) is 0 Å². The van der Waals surface area contributed by atoms with Gasteiger partial charge in [-0.05, 0) is 129 Å². The fourth-order valence-corrected chi connectivity index (χ4v) is 11.7. The van der Waals surface area contributed by atoms with Gasteiger partial charge in [0.1, 0.15) is 10.0 Å². The molecule has 0 atom stereocenters. The monoisotopic (exact) mass is 919 g/mol. The lowest BCUT2D eigenvalue weighted by atomic mass is 10.0. The zero-order chi connectivity index (χ0) is 46.3. The van der Waals surface area contributed by atoms with Crippen molar-refractivity contribution in [2.75, 3.05) is 14.7 Å². The molecule has 0 N–H and O–H groups in total. The SMILES string of the molecule is C=Cc1ccc(N(c2cc3ccc(N(c4ccc(-c5ccccc5)cc4)c4ccc5cc(N(c6ccc(C=C)cc6)c6cccc7ccccc67)sc5c4)cc3s2)c2cccc3ccccc23)cc1. The van der Waals surface area contributed by atoms with Crippen molar-refractivity contribution in [2.24, 2.45) is 0 Å². The minimum atomic E-state index is 1.08. The van der Waals surface area contributed by atoms with Gasteiger partial charge in [0.2, 0.25) is 0 Å². The zero-order valence-electron chi connectivity index (χ0n) is 37.7. The molecule has 0 aliphatic carbocycles. The van der Waals surface area contributed by atoms with Crippen molar-refractivity contribution in [2.45, 2.75) is 0 Å².